The zero-order chi connectivity index (χ0) is 17.1. The van der Waals surface area contributed by atoms with Crippen LogP contribution < -0.4 is 10.2 Å². The van der Waals surface area contributed by atoms with Crippen LogP contribution in [0, 0.1) is 0 Å². The van der Waals surface area contributed by atoms with Crippen LogP contribution in [0.4, 0.5) is 11.6 Å². The van der Waals surface area contributed by atoms with Crippen LogP contribution >= 0.6 is 11.6 Å². The van der Waals surface area contributed by atoms with Gasteiger partial charge in [0, 0.05) is 30.7 Å². The third-order valence-electron chi connectivity index (χ3n) is 4.49. The van der Waals surface area contributed by atoms with Crippen molar-refractivity contribution in [2.24, 2.45) is 0 Å². The van der Waals surface area contributed by atoms with Gasteiger partial charge in [-0.15, -0.1) is 0 Å². The molecule has 4 rings (SSSR count). The highest BCUT2D eigenvalue weighted by Crippen LogP contribution is 2.24. The number of benzene rings is 2. The van der Waals surface area contributed by atoms with Gasteiger partial charge in [0.15, 0.2) is 0 Å². The third kappa shape index (κ3) is 3.74. The highest BCUT2D eigenvalue weighted by atomic mass is 35.5. The van der Waals surface area contributed by atoms with Crippen molar-refractivity contribution in [3.05, 3.63) is 82.6 Å². The lowest BCUT2D eigenvalue weighted by Gasteiger charge is -2.29. The Morgan fingerprint density at radius 1 is 1.00 bits per heavy atom. The largest absolute Gasteiger partial charge is 0.366 e. The molecular weight excluding hydrogens is 332 g/mol. The number of fused-ring (bicyclic) bond motifs is 1. The van der Waals surface area contributed by atoms with E-state index in [1.165, 1.54) is 11.1 Å². The summed E-state index contributed by atoms with van der Waals surface area (Å²) in [6.07, 6.45) is 2.67. The zero-order valence-electron chi connectivity index (χ0n) is 13.8. The van der Waals surface area contributed by atoms with E-state index < -0.39 is 0 Å². The first-order valence-electron chi connectivity index (χ1n) is 8.40. The lowest BCUT2D eigenvalue weighted by atomic mass is 10.00. The predicted molar refractivity (Wildman–Crippen MR) is 102 cm³/mol. The van der Waals surface area contributed by atoms with E-state index in [9.17, 15) is 0 Å². The van der Waals surface area contributed by atoms with Gasteiger partial charge in [-0.25, -0.2) is 9.97 Å². The second kappa shape index (κ2) is 7.11. The summed E-state index contributed by atoms with van der Waals surface area (Å²) < 4.78 is 0. The molecule has 2 heterocycles. The van der Waals surface area contributed by atoms with Gasteiger partial charge in [-0.05, 0) is 35.2 Å². The second-order valence-electron chi connectivity index (χ2n) is 6.18. The standard InChI is InChI=1S/C20H19ClN4/c21-18-7-5-15(6-8-18)12-22-19-11-20(24-14-23-19)25-10-9-16-3-1-2-4-17(16)13-25/h1-8,11,14H,9-10,12-13H2,(H,22,23,24). The van der Waals surface area contributed by atoms with Crippen molar-refractivity contribution in [3.8, 4) is 0 Å². The molecule has 0 radical (unpaired) electrons. The monoisotopic (exact) mass is 350 g/mol. The third-order valence-corrected chi connectivity index (χ3v) is 4.75. The summed E-state index contributed by atoms with van der Waals surface area (Å²) in [6, 6.07) is 18.5. The molecule has 0 spiro atoms. The van der Waals surface area contributed by atoms with Crippen LogP contribution in [0.5, 0.6) is 0 Å². The van der Waals surface area contributed by atoms with Crippen molar-refractivity contribution < 1.29 is 0 Å². The Bertz CT molecular complexity index is 864. The van der Waals surface area contributed by atoms with E-state index in [-0.39, 0.29) is 0 Å². The van der Waals surface area contributed by atoms with E-state index in [1.807, 2.05) is 30.3 Å². The maximum absolute atomic E-state index is 5.93. The summed E-state index contributed by atoms with van der Waals surface area (Å²) in [4.78, 5) is 11.1. The van der Waals surface area contributed by atoms with Crippen molar-refractivity contribution in [2.75, 3.05) is 16.8 Å². The minimum absolute atomic E-state index is 0.705. The summed E-state index contributed by atoms with van der Waals surface area (Å²) >= 11 is 5.93. The Morgan fingerprint density at radius 2 is 1.80 bits per heavy atom. The minimum atomic E-state index is 0.705. The summed E-state index contributed by atoms with van der Waals surface area (Å²) in [5, 5.41) is 4.11. The van der Waals surface area contributed by atoms with E-state index in [0.29, 0.717) is 6.54 Å². The Labute approximate surface area is 152 Å². The first-order valence-corrected chi connectivity index (χ1v) is 8.78. The predicted octanol–water partition coefficient (Wildman–Crippen LogP) is 4.30. The molecule has 1 aliphatic heterocycles. The average molecular weight is 351 g/mol. The van der Waals surface area contributed by atoms with Gasteiger partial charge < -0.3 is 10.2 Å². The molecule has 0 atom stereocenters. The van der Waals surface area contributed by atoms with Crippen LogP contribution in [0.25, 0.3) is 0 Å². The van der Waals surface area contributed by atoms with Gasteiger partial charge in [-0.2, -0.15) is 0 Å². The molecule has 126 valence electrons. The van der Waals surface area contributed by atoms with E-state index >= 15 is 0 Å². The topological polar surface area (TPSA) is 41.0 Å². The zero-order valence-corrected chi connectivity index (χ0v) is 14.6. The molecule has 0 fully saturated rings. The van der Waals surface area contributed by atoms with Crippen LogP contribution in [0.1, 0.15) is 16.7 Å². The molecule has 3 aromatic rings. The molecule has 1 aliphatic rings. The molecule has 0 bridgehead atoms. The molecule has 5 heteroatoms. The fourth-order valence-corrected chi connectivity index (χ4v) is 3.23. The van der Waals surface area contributed by atoms with Crippen molar-refractivity contribution >= 4 is 23.2 Å². The lowest BCUT2D eigenvalue weighted by molar-refractivity contribution is 0.719. The van der Waals surface area contributed by atoms with Crippen molar-refractivity contribution in [1.82, 2.24) is 9.97 Å². The molecule has 1 aromatic heterocycles. The number of nitrogens with zero attached hydrogens (tertiary/aromatic N) is 3. The SMILES string of the molecule is Clc1ccc(CNc2cc(N3CCc4ccccc4C3)ncn2)cc1. The smallest absolute Gasteiger partial charge is 0.134 e. The number of aromatic nitrogens is 2. The number of anilines is 2. The number of halogens is 1. The van der Waals surface area contributed by atoms with E-state index in [2.05, 4.69) is 44.5 Å². The second-order valence-corrected chi connectivity index (χ2v) is 6.62. The van der Waals surface area contributed by atoms with Gasteiger partial charge in [-0.3, -0.25) is 0 Å². The van der Waals surface area contributed by atoms with Gasteiger partial charge in [0.25, 0.3) is 0 Å². The number of hydrogen-bond donors (Lipinski definition) is 1. The summed E-state index contributed by atoms with van der Waals surface area (Å²) in [6.45, 7) is 2.57. The molecule has 0 aliphatic carbocycles. The Kier molecular flexibility index (Phi) is 4.53. The van der Waals surface area contributed by atoms with Gasteiger partial charge in [0.2, 0.25) is 0 Å². The van der Waals surface area contributed by atoms with Gasteiger partial charge in [-0.1, -0.05) is 48.0 Å². The Morgan fingerprint density at radius 3 is 2.64 bits per heavy atom. The molecule has 25 heavy (non-hydrogen) atoms. The first kappa shape index (κ1) is 15.9. The maximum Gasteiger partial charge on any atom is 0.134 e. The molecule has 0 unspecified atom stereocenters. The number of rotatable bonds is 4. The normalized spacial score (nSPS) is 13.4. The summed E-state index contributed by atoms with van der Waals surface area (Å²) in [5.41, 5.74) is 3.98. The average Bonchev–Trinajstić information content (AvgIpc) is 2.67. The first-order chi connectivity index (χ1) is 12.3. The van der Waals surface area contributed by atoms with Gasteiger partial charge >= 0.3 is 0 Å². The van der Waals surface area contributed by atoms with Crippen molar-refractivity contribution in [2.45, 2.75) is 19.5 Å². The fraction of sp³-hybridized carbons (Fsp3) is 0.200. The molecular formula is C20H19ClN4. The van der Waals surface area contributed by atoms with Crippen LogP contribution in [0.2, 0.25) is 5.02 Å². The van der Waals surface area contributed by atoms with E-state index in [0.717, 1.165) is 41.7 Å². The fourth-order valence-electron chi connectivity index (χ4n) is 3.10. The van der Waals surface area contributed by atoms with Crippen LogP contribution in [0.3, 0.4) is 0 Å². The van der Waals surface area contributed by atoms with Crippen molar-refractivity contribution in [3.63, 3.8) is 0 Å². The molecule has 0 saturated heterocycles. The summed E-state index contributed by atoms with van der Waals surface area (Å²) in [7, 11) is 0. The summed E-state index contributed by atoms with van der Waals surface area (Å²) in [5.74, 6) is 1.79. The highest BCUT2D eigenvalue weighted by Gasteiger charge is 2.17. The van der Waals surface area contributed by atoms with Crippen LogP contribution in [-0.4, -0.2) is 16.5 Å². The van der Waals surface area contributed by atoms with Gasteiger partial charge in [0.1, 0.15) is 18.0 Å². The number of hydrogen-bond acceptors (Lipinski definition) is 4. The van der Waals surface area contributed by atoms with E-state index in [1.54, 1.807) is 6.33 Å². The lowest BCUT2D eigenvalue weighted by Crippen LogP contribution is -2.31. The van der Waals surface area contributed by atoms with Crippen molar-refractivity contribution in [1.29, 1.82) is 0 Å². The van der Waals surface area contributed by atoms with Crippen LogP contribution in [-0.2, 0) is 19.5 Å². The quantitative estimate of drug-likeness (QED) is 0.761. The molecule has 0 amide bonds. The Balaban J connectivity index is 1.45. The molecule has 4 nitrogen and oxygen atoms in total. The number of nitrogens with one attached hydrogen (secondary N) is 1. The van der Waals surface area contributed by atoms with Gasteiger partial charge in [0.05, 0.1) is 0 Å². The highest BCUT2D eigenvalue weighted by molar-refractivity contribution is 6.30. The molecule has 1 N–H and O–H groups in total. The minimum Gasteiger partial charge on any atom is -0.366 e. The Hall–Kier alpha value is -2.59. The molecule has 0 saturated carbocycles. The van der Waals surface area contributed by atoms with Crippen LogP contribution in [0.15, 0.2) is 60.9 Å². The molecule has 2 aromatic carbocycles. The van der Waals surface area contributed by atoms with E-state index in [4.69, 9.17) is 11.6 Å². The maximum atomic E-state index is 5.93.